The summed E-state index contributed by atoms with van der Waals surface area (Å²) in [6, 6.07) is 0. The van der Waals surface area contributed by atoms with Gasteiger partial charge in [0.1, 0.15) is 6.10 Å². The smallest absolute Gasteiger partial charge is 0.335 e. The van der Waals surface area contributed by atoms with Gasteiger partial charge in [-0.15, -0.1) is 0 Å². The molecule has 3 heteroatoms. The largest absolute Gasteiger partial charge is 0.456 e. The molecular weight excluding hydrogens is 168 g/mol. The summed E-state index contributed by atoms with van der Waals surface area (Å²) >= 11 is 0. The lowest BCUT2D eigenvalue weighted by molar-refractivity contribution is -0.163. The van der Waals surface area contributed by atoms with Crippen LogP contribution in [0.2, 0.25) is 0 Å². The summed E-state index contributed by atoms with van der Waals surface area (Å²) in [6.07, 6.45) is 7.53. The molecule has 0 radical (unpaired) electrons. The van der Waals surface area contributed by atoms with Crippen LogP contribution in [0.3, 0.4) is 0 Å². The van der Waals surface area contributed by atoms with E-state index in [2.05, 4.69) is 0 Å². The predicted molar refractivity (Wildman–Crippen MR) is 49.1 cm³/mol. The lowest BCUT2D eigenvalue weighted by Gasteiger charge is -2.22. The molecule has 0 spiro atoms. The van der Waals surface area contributed by atoms with Gasteiger partial charge in [-0.3, -0.25) is 0 Å². The number of aliphatic hydroxyl groups is 1. The number of carbonyl (C=O) groups is 1. The van der Waals surface area contributed by atoms with E-state index in [9.17, 15) is 4.79 Å². The highest BCUT2D eigenvalue weighted by Crippen LogP contribution is 2.15. The minimum absolute atomic E-state index is 0.174. The van der Waals surface area contributed by atoms with Crippen molar-refractivity contribution in [3.63, 3.8) is 0 Å². The molecule has 0 saturated carbocycles. The van der Waals surface area contributed by atoms with Gasteiger partial charge >= 0.3 is 5.97 Å². The molecule has 0 aromatic heterocycles. The Hall–Kier alpha value is -1.09. The van der Waals surface area contributed by atoms with Crippen LogP contribution in [0.4, 0.5) is 0 Å². The van der Waals surface area contributed by atoms with Crippen molar-refractivity contribution in [2.24, 2.45) is 0 Å². The maximum Gasteiger partial charge on any atom is 0.335 e. The van der Waals surface area contributed by atoms with Crippen LogP contribution in [0.1, 0.15) is 19.8 Å². The summed E-state index contributed by atoms with van der Waals surface area (Å²) in [6.45, 7) is 1.92. The van der Waals surface area contributed by atoms with E-state index >= 15 is 0 Å². The topological polar surface area (TPSA) is 46.5 Å². The Kier molecular flexibility index (Phi) is 3.71. The number of hydrogen-bond donors (Lipinski definition) is 1. The van der Waals surface area contributed by atoms with E-state index in [0.29, 0.717) is 12.8 Å². The van der Waals surface area contributed by atoms with Crippen molar-refractivity contribution in [3.05, 3.63) is 24.3 Å². The summed E-state index contributed by atoms with van der Waals surface area (Å²) < 4.78 is 4.94. The van der Waals surface area contributed by atoms with Crippen molar-refractivity contribution in [2.45, 2.75) is 32.0 Å². The van der Waals surface area contributed by atoms with Gasteiger partial charge in [0.05, 0.1) is 0 Å². The first kappa shape index (κ1) is 9.99. The first-order chi connectivity index (χ1) is 6.24. The Bertz CT molecular complexity index is 230. The van der Waals surface area contributed by atoms with Gasteiger partial charge in [0.25, 0.3) is 0 Å². The van der Waals surface area contributed by atoms with E-state index < -0.39 is 12.1 Å². The fraction of sp³-hybridized carbons (Fsp3) is 0.500. The second-order valence-corrected chi connectivity index (χ2v) is 2.98. The Labute approximate surface area is 77.7 Å². The van der Waals surface area contributed by atoms with Crippen molar-refractivity contribution >= 4 is 5.97 Å². The van der Waals surface area contributed by atoms with Crippen LogP contribution in [0.25, 0.3) is 0 Å². The number of cyclic esters (lactones) is 1. The number of carbonyl (C=O) groups excluding carboxylic acids is 1. The molecule has 1 aliphatic heterocycles. The fourth-order valence-electron chi connectivity index (χ4n) is 1.16. The molecule has 2 atom stereocenters. The Morgan fingerprint density at radius 3 is 2.85 bits per heavy atom. The first-order valence-corrected chi connectivity index (χ1v) is 4.42. The normalized spacial score (nSPS) is 29.8. The van der Waals surface area contributed by atoms with E-state index in [1.54, 1.807) is 0 Å². The van der Waals surface area contributed by atoms with Crippen molar-refractivity contribution in [3.8, 4) is 0 Å². The number of rotatable bonds is 2. The average Bonchev–Trinajstić information content (AvgIpc) is 2.12. The van der Waals surface area contributed by atoms with Gasteiger partial charge < -0.3 is 9.84 Å². The van der Waals surface area contributed by atoms with Crippen LogP contribution in [0, 0.1) is 0 Å². The first-order valence-electron chi connectivity index (χ1n) is 4.42. The van der Waals surface area contributed by atoms with Gasteiger partial charge in [-0.05, 0) is 25.8 Å². The molecule has 0 amide bonds. The monoisotopic (exact) mass is 182 g/mol. The summed E-state index contributed by atoms with van der Waals surface area (Å²) in [5.41, 5.74) is 0. The van der Waals surface area contributed by atoms with Crippen LogP contribution in [0.15, 0.2) is 24.3 Å². The standard InChI is InChI=1S/C10H14O3/c1-2-3-4-5-8-6-7-9(11)10(12)13-8/h2-5,8-9,11H,6-7H2,1H3/b3-2+,5-4+/t8-,9?/m0/s1. The molecule has 0 aliphatic carbocycles. The number of allylic oxidation sites excluding steroid dienone is 3. The number of ether oxygens (including phenoxy) is 1. The van der Waals surface area contributed by atoms with Gasteiger partial charge in [-0.1, -0.05) is 18.2 Å². The van der Waals surface area contributed by atoms with Gasteiger partial charge in [-0.25, -0.2) is 4.79 Å². The molecule has 0 bridgehead atoms. The SMILES string of the molecule is C/C=C/C=C/[C@H]1CCC(O)C(=O)O1. The third-order valence-electron chi connectivity index (χ3n) is 1.89. The lowest BCUT2D eigenvalue weighted by Crippen LogP contribution is -2.33. The highest BCUT2D eigenvalue weighted by molar-refractivity contribution is 5.75. The average molecular weight is 182 g/mol. The van der Waals surface area contributed by atoms with E-state index in [1.807, 2.05) is 31.2 Å². The van der Waals surface area contributed by atoms with Crippen molar-refractivity contribution in [1.29, 1.82) is 0 Å². The number of aliphatic hydroxyl groups excluding tert-OH is 1. The third kappa shape index (κ3) is 3.03. The number of hydrogen-bond acceptors (Lipinski definition) is 3. The summed E-state index contributed by atoms with van der Waals surface area (Å²) in [7, 11) is 0. The predicted octanol–water partition coefficient (Wildman–Crippen LogP) is 1.19. The van der Waals surface area contributed by atoms with Gasteiger partial charge in [0.15, 0.2) is 6.10 Å². The van der Waals surface area contributed by atoms with Crippen molar-refractivity contribution in [2.75, 3.05) is 0 Å². The zero-order chi connectivity index (χ0) is 9.68. The summed E-state index contributed by atoms with van der Waals surface area (Å²) in [4.78, 5) is 10.9. The maximum atomic E-state index is 10.9. The van der Waals surface area contributed by atoms with Crippen LogP contribution >= 0.6 is 0 Å². The molecule has 0 aromatic carbocycles. The summed E-state index contributed by atoms with van der Waals surface area (Å²) in [5, 5.41) is 9.05. The molecule has 1 unspecified atom stereocenters. The Balaban J connectivity index is 2.42. The molecule has 72 valence electrons. The second kappa shape index (κ2) is 4.82. The molecule has 1 aliphatic rings. The minimum atomic E-state index is -0.925. The van der Waals surface area contributed by atoms with E-state index in [4.69, 9.17) is 9.84 Å². The van der Waals surface area contributed by atoms with Crippen molar-refractivity contribution in [1.82, 2.24) is 0 Å². The van der Waals surface area contributed by atoms with E-state index in [0.717, 1.165) is 0 Å². The third-order valence-corrected chi connectivity index (χ3v) is 1.89. The molecule has 1 N–H and O–H groups in total. The number of esters is 1. The maximum absolute atomic E-state index is 10.9. The molecular formula is C10H14O3. The van der Waals surface area contributed by atoms with E-state index in [-0.39, 0.29) is 6.10 Å². The zero-order valence-corrected chi connectivity index (χ0v) is 7.64. The van der Waals surface area contributed by atoms with Gasteiger partial charge in [0.2, 0.25) is 0 Å². The molecule has 0 aromatic rings. The highest BCUT2D eigenvalue weighted by Gasteiger charge is 2.26. The quantitative estimate of drug-likeness (QED) is 0.515. The molecule has 3 nitrogen and oxygen atoms in total. The van der Waals surface area contributed by atoms with Crippen LogP contribution in [-0.2, 0) is 9.53 Å². The van der Waals surface area contributed by atoms with E-state index in [1.165, 1.54) is 0 Å². The second-order valence-electron chi connectivity index (χ2n) is 2.98. The molecule has 1 rings (SSSR count). The Morgan fingerprint density at radius 2 is 2.23 bits per heavy atom. The minimum Gasteiger partial charge on any atom is -0.456 e. The van der Waals surface area contributed by atoms with Crippen molar-refractivity contribution < 1.29 is 14.6 Å². The Morgan fingerprint density at radius 1 is 1.46 bits per heavy atom. The highest BCUT2D eigenvalue weighted by atomic mass is 16.6. The van der Waals surface area contributed by atoms with Crippen LogP contribution < -0.4 is 0 Å². The van der Waals surface area contributed by atoms with Crippen LogP contribution in [-0.4, -0.2) is 23.3 Å². The van der Waals surface area contributed by atoms with Crippen LogP contribution in [0.5, 0.6) is 0 Å². The van der Waals surface area contributed by atoms with Gasteiger partial charge in [0, 0.05) is 0 Å². The molecule has 1 heterocycles. The lowest BCUT2D eigenvalue weighted by atomic mass is 10.1. The molecule has 13 heavy (non-hydrogen) atoms. The fourth-order valence-corrected chi connectivity index (χ4v) is 1.16. The summed E-state index contributed by atoms with van der Waals surface area (Å²) in [5.74, 6) is -0.513. The molecule has 1 fully saturated rings. The molecule has 1 saturated heterocycles. The van der Waals surface area contributed by atoms with Gasteiger partial charge in [-0.2, -0.15) is 0 Å². The zero-order valence-electron chi connectivity index (χ0n) is 7.64.